The third-order valence-corrected chi connectivity index (χ3v) is 5.79. The Morgan fingerprint density at radius 3 is 2.58 bits per heavy atom. The summed E-state index contributed by atoms with van der Waals surface area (Å²) in [6.45, 7) is 3.22. The minimum Gasteiger partial charge on any atom is -0.440 e. The van der Waals surface area contributed by atoms with E-state index in [-0.39, 0.29) is 11.9 Å². The molecule has 2 bridgehead atoms. The number of fused-ring (bicyclic) bond motifs is 3. The summed E-state index contributed by atoms with van der Waals surface area (Å²) >= 11 is 0. The van der Waals surface area contributed by atoms with Crippen LogP contribution in [-0.4, -0.2) is 43.4 Å². The van der Waals surface area contributed by atoms with E-state index in [1.54, 1.807) is 6.07 Å². The lowest BCUT2D eigenvalue weighted by Crippen LogP contribution is -2.62. The molecule has 0 radical (unpaired) electrons. The van der Waals surface area contributed by atoms with E-state index in [1.165, 1.54) is 25.2 Å². The highest BCUT2D eigenvalue weighted by Gasteiger charge is 2.45. The Bertz CT molecular complexity index is 801. The van der Waals surface area contributed by atoms with Gasteiger partial charge in [-0.1, -0.05) is 30.3 Å². The van der Waals surface area contributed by atoms with Crippen LogP contribution in [0.25, 0.3) is 11.1 Å². The summed E-state index contributed by atoms with van der Waals surface area (Å²) in [5.41, 5.74) is 2.06. The van der Waals surface area contributed by atoms with Crippen LogP contribution in [0.2, 0.25) is 0 Å². The van der Waals surface area contributed by atoms with Crippen molar-refractivity contribution in [2.45, 2.75) is 18.9 Å². The van der Waals surface area contributed by atoms with Gasteiger partial charge in [0.25, 0.3) is 0 Å². The zero-order chi connectivity index (χ0) is 18.1. The summed E-state index contributed by atoms with van der Waals surface area (Å²) in [6, 6.07) is 13.8. The molecule has 0 spiro atoms. The van der Waals surface area contributed by atoms with E-state index < -0.39 is 6.09 Å². The summed E-state index contributed by atoms with van der Waals surface area (Å²) in [5, 5.41) is 2.82. The van der Waals surface area contributed by atoms with Gasteiger partial charge in [0.15, 0.2) is 6.10 Å². The molecule has 0 aromatic heterocycles. The Morgan fingerprint density at radius 1 is 1.15 bits per heavy atom. The van der Waals surface area contributed by atoms with E-state index >= 15 is 0 Å². The molecule has 3 heterocycles. The molecule has 2 aromatic carbocycles. The summed E-state index contributed by atoms with van der Waals surface area (Å²) in [5.74, 6) is 0.125. The monoisotopic (exact) mass is 355 g/mol. The van der Waals surface area contributed by atoms with Crippen molar-refractivity contribution >= 4 is 11.8 Å². The summed E-state index contributed by atoms with van der Waals surface area (Å²) < 4.78 is 20.5. The number of carbonyl (C=O) groups excluding carboxylic acids is 1. The Hall–Kier alpha value is -2.40. The molecule has 1 N–H and O–H groups in total. The molecule has 3 saturated heterocycles. The highest BCUT2D eigenvalue weighted by atomic mass is 19.1. The van der Waals surface area contributed by atoms with E-state index in [1.807, 2.05) is 30.3 Å². The number of benzene rings is 2. The first-order valence-corrected chi connectivity index (χ1v) is 9.19. The molecule has 3 aliphatic rings. The van der Waals surface area contributed by atoms with Gasteiger partial charge in [-0.05, 0) is 23.8 Å². The van der Waals surface area contributed by atoms with Crippen LogP contribution in [0.3, 0.4) is 0 Å². The molecule has 3 fully saturated rings. The Labute approximate surface area is 153 Å². The quantitative estimate of drug-likeness (QED) is 0.835. The molecular weight excluding hydrogens is 331 g/mol. The van der Waals surface area contributed by atoms with Crippen LogP contribution in [0.4, 0.5) is 14.9 Å². The van der Waals surface area contributed by atoms with Gasteiger partial charge in [0.2, 0.25) is 0 Å². The van der Waals surface area contributed by atoms with E-state index in [9.17, 15) is 9.18 Å². The van der Waals surface area contributed by atoms with Gasteiger partial charge in [0, 0.05) is 24.3 Å². The predicted octanol–water partition coefficient (Wildman–Crippen LogP) is 4.28. The second-order valence-corrected chi connectivity index (χ2v) is 7.71. The number of nitrogens with zero attached hydrogens (tertiary/aromatic N) is 1. The van der Waals surface area contributed by atoms with E-state index in [0.29, 0.717) is 17.2 Å². The number of halogens is 1. The normalized spacial score (nSPS) is 27.2. The van der Waals surface area contributed by atoms with Gasteiger partial charge in [-0.25, -0.2) is 9.18 Å². The number of carbonyl (C=O) groups is 1. The third kappa shape index (κ3) is 3.44. The standard InChI is InChI=1S/C21H23FN2O2/c1-24-11-9-16(10-12-24)20(14-24)26-21(25)23-19-8-7-17(22)13-18(19)15-5-3-2-4-6-15/h2-8,13,16,20H,9-12,14H2,1H3/p+1/t16?,20-,24?/m0/s1. The number of rotatable bonds is 3. The van der Waals surface area contributed by atoms with Crippen LogP contribution in [0.1, 0.15) is 12.8 Å². The predicted molar refractivity (Wildman–Crippen MR) is 99.2 cm³/mol. The third-order valence-electron chi connectivity index (χ3n) is 5.79. The van der Waals surface area contributed by atoms with Crippen LogP contribution < -0.4 is 5.32 Å². The first-order valence-electron chi connectivity index (χ1n) is 9.19. The molecule has 136 valence electrons. The molecule has 1 amide bonds. The number of hydrogen-bond acceptors (Lipinski definition) is 2. The Kier molecular flexibility index (Phi) is 4.41. The van der Waals surface area contributed by atoms with E-state index in [2.05, 4.69) is 12.4 Å². The van der Waals surface area contributed by atoms with Gasteiger partial charge >= 0.3 is 6.09 Å². The van der Waals surface area contributed by atoms with Crippen molar-refractivity contribution in [2.75, 3.05) is 32.0 Å². The second-order valence-electron chi connectivity index (χ2n) is 7.71. The number of anilines is 1. The van der Waals surface area contributed by atoms with Gasteiger partial charge in [0.1, 0.15) is 12.4 Å². The van der Waals surface area contributed by atoms with Gasteiger partial charge < -0.3 is 9.22 Å². The van der Waals surface area contributed by atoms with Crippen LogP contribution in [0, 0.1) is 11.7 Å². The number of nitrogens with one attached hydrogen (secondary N) is 1. The lowest BCUT2D eigenvalue weighted by Gasteiger charge is -2.49. The molecule has 2 aromatic rings. The van der Waals surface area contributed by atoms with Gasteiger partial charge in [-0.15, -0.1) is 0 Å². The fourth-order valence-electron chi connectivity index (χ4n) is 4.24. The summed E-state index contributed by atoms with van der Waals surface area (Å²) in [7, 11) is 2.23. The van der Waals surface area contributed by atoms with E-state index in [4.69, 9.17) is 4.74 Å². The smallest absolute Gasteiger partial charge is 0.412 e. The Morgan fingerprint density at radius 2 is 1.88 bits per heavy atom. The molecule has 5 rings (SSSR count). The number of amides is 1. The second kappa shape index (κ2) is 6.72. The maximum Gasteiger partial charge on any atom is 0.412 e. The van der Waals surface area contributed by atoms with Crippen molar-refractivity contribution in [1.82, 2.24) is 0 Å². The average molecular weight is 355 g/mol. The number of ether oxygens (including phenoxy) is 1. The maximum absolute atomic E-state index is 13.7. The first kappa shape index (κ1) is 17.0. The summed E-state index contributed by atoms with van der Waals surface area (Å²) in [4.78, 5) is 12.5. The van der Waals surface area contributed by atoms with Crippen LogP contribution in [-0.2, 0) is 4.74 Å². The molecule has 3 aliphatic heterocycles. The van der Waals surface area contributed by atoms with Crippen molar-refractivity contribution in [1.29, 1.82) is 0 Å². The topological polar surface area (TPSA) is 38.3 Å². The number of likely N-dealkylation sites (N-methyl/N-ethyl adjacent to an activating group) is 1. The molecular formula is C21H24FN2O2+. The molecule has 1 atom stereocenters. The van der Waals surface area contributed by atoms with Crippen molar-refractivity contribution in [3.8, 4) is 11.1 Å². The minimum absolute atomic E-state index is 0.0388. The zero-order valence-electron chi connectivity index (χ0n) is 15.0. The molecule has 26 heavy (non-hydrogen) atoms. The number of hydrogen-bond donors (Lipinski definition) is 1. The number of quaternary nitrogens is 1. The van der Waals surface area contributed by atoms with Crippen LogP contribution in [0.15, 0.2) is 48.5 Å². The molecule has 0 saturated carbocycles. The van der Waals surface area contributed by atoms with Crippen molar-refractivity contribution in [3.63, 3.8) is 0 Å². The van der Waals surface area contributed by atoms with Gasteiger partial charge in [-0.2, -0.15) is 0 Å². The van der Waals surface area contributed by atoms with Crippen LogP contribution >= 0.6 is 0 Å². The Balaban J connectivity index is 1.50. The van der Waals surface area contributed by atoms with Gasteiger partial charge in [-0.3, -0.25) is 5.32 Å². The lowest BCUT2D eigenvalue weighted by atomic mass is 9.84. The fraction of sp³-hybridized carbons (Fsp3) is 0.381. The number of piperidine rings is 3. The highest BCUT2D eigenvalue weighted by Crippen LogP contribution is 2.34. The van der Waals surface area contributed by atoms with Crippen molar-refractivity contribution in [2.24, 2.45) is 5.92 Å². The first-order chi connectivity index (χ1) is 12.5. The fourth-order valence-corrected chi connectivity index (χ4v) is 4.24. The highest BCUT2D eigenvalue weighted by molar-refractivity contribution is 5.91. The van der Waals surface area contributed by atoms with Gasteiger partial charge in [0.05, 0.1) is 25.8 Å². The largest absolute Gasteiger partial charge is 0.440 e. The molecule has 0 unspecified atom stereocenters. The van der Waals surface area contributed by atoms with Crippen molar-refractivity contribution in [3.05, 3.63) is 54.3 Å². The minimum atomic E-state index is -0.459. The molecule has 5 heteroatoms. The molecule has 4 nitrogen and oxygen atoms in total. The van der Waals surface area contributed by atoms with E-state index in [0.717, 1.165) is 29.4 Å². The van der Waals surface area contributed by atoms with Crippen molar-refractivity contribution < 1.29 is 18.4 Å². The maximum atomic E-state index is 13.7. The molecule has 0 aliphatic carbocycles. The van der Waals surface area contributed by atoms with Crippen LogP contribution in [0.5, 0.6) is 0 Å². The lowest BCUT2D eigenvalue weighted by molar-refractivity contribution is -0.928. The summed E-state index contributed by atoms with van der Waals surface area (Å²) in [6.07, 6.45) is 1.72. The average Bonchev–Trinajstić information content (AvgIpc) is 2.64. The SMILES string of the molecule is C[N+]12CCC(CC1)[C@@H](OC(=O)Nc1ccc(F)cc1-c1ccccc1)C2. The zero-order valence-corrected chi connectivity index (χ0v) is 15.0.